The van der Waals surface area contributed by atoms with Gasteiger partial charge < -0.3 is 19.3 Å². The maximum Gasteiger partial charge on any atom is 0.254 e. The number of fused-ring (bicyclic) bond motifs is 1. The molecule has 5 rings (SSSR count). The maximum absolute atomic E-state index is 13.3. The van der Waals surface area contributed by atoms with Crippen molar-refractivity contribution in [2.75, 3.05) is 31.2 Å². The van der Waals surface area contributed by atoms with Crippen molar-refractivity contribution >= 4 is 17.5 Å². The number of piperidine rings is 1. The van der Waals surface area contributed by atoms with E-state index in [0.29, 0.717) is 25.2 Å². The van der Waals surface area contributed by atoms with Gasteiger partial charge >= 0.3 is 0 Å². The van der Waals surface area contributed by atoms with Gasteiger partial charge in [0.25, 0.3) is 5.91 Å². The van der Waals surface area contributed by atoms with Crippen LogP contribution in [-0.2, 0) is 4.79 Å². The summed E-state index contributed by atoms with van der Waals surface area (Å²) >= 11 is 0. The molecule has 1 atom stereocenters. The molecule has 0 aromatic heterocycles. The van der Waals surface area contributed by atoms with Gasteiger partial charge in [0.2, 0.25) is 5.91 Å². The van der Waals surface area contributed by atoms with Gasteiger partial charge in [-0.25, -0.2) is 0 Å². The van der Waals surface area contributed by atoms with Crippen LogP contribution in [0.25, 0.3) is 0 Å². The van der Waals surface area contributed by atoms with Crippen LogP contribution in [0.15, 0.2) is 42.5 Å². The Kier molecular flexibility index (Phi) is 5.07. The van der Waals surface area contributed by atoms with Gasteiger partial charge in [0.05, 0.1) is 6.04 Å². The topological polar surface area (TPSA) is 59.1 Å². The molecule has 2 aromatic rings. The Balaban J connectivity index is 1.34. The Morgan fingerprint density at radius 2 is 1.70 bits per heavy atom. The molecule has 1 unspecified atom stereocenters. The van der Waals surface area contributed by atoms with Crippen LogP contribution in [0.2, 0.25) is 0 Å². The highest BCUT2D eigenvalue weighted by Crippen LogP contribution is 2.38. The Labute approximate surface area is 176 Å². The zero-order valence-corrected chi connectivity index (χ0v) is 17.0. The summed E-state index contributed by atoms with van der Waals surface area (Å²) in [5, 5.41) is 0. The van der Waals surface area contributed by atoms with E-state index in [2.05, 4.69) is 0 Å². The predicted molar refractivity (Wildman–Crippen MR) is 113 cm³/mol. The molecule has 2 fully saturated rings. The van der Waals surface area contributed by atoms with Crippen LogP contribution in [0.5, 0.6) is 11.5 Å². The fraction of sp³-hybridized carbons (Fsp3) is 0.417. The van der Waals surface area contributed by atoms with Crippen molar-refractivity contribution in [3.63, 3.8) is 0 Å². The summed E-state index contributed by atoms with van der Waals surface area (Å²) in [6.45, 7) is 2.61. The summed E-state index contributed by atoms with van der Waals surface area (Å²) in [6.07, 6.45) is 4.50. The number of amides is 2. The number of ether oxygens (including phenoxy) is 2. The molecule has 0 N–H and O–H groups in total. The van der Waals surface area contributed by atoms with Crippen LogP contribution in [0.4, 0.5) is 5.69 Å². The fourth-order valence-electron chi connectivity index (χ4n) is 4.65. The van der Waals surface area contributed by atoms with Crippen molar-refractivity contribution in [2.24, 2.45) is 0 Å². The van der Waals surface area contributed by atoms with E-state index in [1.807, 2.05) is 52.3 Å². The molecule has 3 heterocycles. The molecular weight excluding hydrogens is 380 g/mol. The lowest BCUT2D eigenvalue weighted by Gasteiger charge is -2.28. The van der Waals surface area contributed by atoms with Gasteiger partial charge in [-0.2, -0.15) is 0 Å². The average molecular weight is 406 g/mol. The van der Waals surface area contributed by atoms with E-state index in [-0.39, 0.29) is 17.9 Å². The largest absolute Gasteiger partial charge is 0.486 e. The van der Waals surface area contributed by atoms with Gasteiger partial charge in [0, 0.05) is 30.8 Å². The first kappa shape index (κ1) is 19.0. The van der Waals surface area contributed by atoms with E-state index in [0.717, 1.165) is 61.5 Å². The Hall–Kier alpha value is -3.02. The Morgan fingerprint density at radius 3 is 2.50 bits per heavy atom. The van der Waals surface area contributed by atoms with Gasteiger partial charge in [-0.05, 0) is 67.6 Å². The predicted octanol–water partition coefficient (Wildman–Crippen LogP) is 3.95. The first-order valence-corrected chi connectivity index (χ1v) is 10.8. The molecule has 6 heteroatoms. The van der Waals surface area contributed by atoms with Gasteiger partial charge in [-0.15, -0.1) is 0 Å². The molecule has 3 aliphatic heterocycles. The minimum atomic E-state index is 0.0314. The molecule has 0 saturated carbocycles. The van der Waals surface area contributed by atoms with Crippen LogP contribution >= 0.6 is 0 Å². The van der Waals surface area contributed by atoms with E-state index in [9.17, 15) is 9.59 Å². The van der Waals surface area contributed by atoms with Crippen LogP contribution < -0.4 is 14.4 Å². The fourth-order valence-corrected chi connectivity index (χ4v) is 4.65. The van der Waals surface area contributed by atoms with Crippen molar-refractivity contribution in [2.45, 2.75) is 38.1 Å². The van der Waals surface area contributed by atoms with Crippen LogP contribution in [0.1, 0.15) is 54.1 Å². The van der Waals surface area contributed by atoms with Crippen molar-refractivity contribution < 1.29 is 19.1 Å². The van der Waals surface area contributed by atoms with Crippen LogP contribution in [0, 0.1) is 0 Å². The van der Waals surface area contributed by atoms with Crippen LogP contribution in [-0.4, -0.2) is 43.0 Å². The molecule has 0 radical (unpaired) electrons. The number of hydrogen-bond acceptors (Lipinski definition) is 4. The minimum absolute atomic E-state index is 0.0314. The smallest absolute Gasteiger partial charge is 0.254 e. The normalized spacial score (nSPS) is 21.1. The lowest BCUT2D eigenvalue weighted by Crippen LogP contribution is -2.35. The summed E-state index contributed by atoms with van der Waals surface area (Å²) in [5.74, 6) is 1.72. The number of carbonyl (C=O) groups is 2. The Morgan fingerprint density at radius 1 is 0.900 bits per heavy atom. The van der Waals surface area contributed by atoms with E-state index in [1.54, 1.807) is 0 Å². The zero-order valence-electron chi connectivity index (χ0n) is 17.0. The quantitative estimate of drug-likeness (QED) is 0.774. The third kappa shape index (κ3) is 3.51. The van der Waals surface area contributed by atoms with E-state index >= 15 is 0 Å². The molecule has 0 spiro atoms. The average Bonchev–Trinajstić information content (AvgIpc) is 3.29. The number of hydrogen-bond donors (Lipinski definition) is 0. The highest BCUT2D eigenvalue weighted by Gasteiger charge is 2.31. The molecule has 6 nitrogen and oxygen atoms in total. The molecular formula is C24H26N2O4. The number of anilines is 1. The summed E-state index contributed by atoms with van der Waals surface area (Å²) in [7, 11) is 0. The maximum atomic E-state index is 13.3. The Bertz CT molecular complexity index is 956. The molecule has 0 aliphatic carbocycles. The highest BCUT2D eigenvalue weighted by atomic mass is 16.6. The van der Waals surface area contributed by atoms with Crippen molar-refractivity contribution in [1.29, 1.82) is 0 Å². The molecule has 30 heavy (non-hydrogen) atoms. The monoisotopic (exact) mass is 406 g/mol. The SMILES string of the molecule is O=C1CCCCN1c1ccc(C(=O)N2CCCC2c2ccc3c(c2)OCCO3)cc1. The van der Waals surface area contributed by atoms with E-state index in [4.69, 9.17) is 9.47 Å². The number of carbonyl (C=O) groups excluding carboxylic acids is 2. The number of benzene rings is 2. The van der Waals surface area contributed by atoms with Gasteiger partial charge in [-0.3, -0.25) is 9.59 Å². The molecule has 2 amide bonds. The van der Waals surface area contributed by atoms with E-state index in [1.165, 1.54) is 0 Å². The van der Waals surface area contributed by atoms with Crippen molar-refractivity contribution in [1.82, 2.24) is 4.90 Å². The molecule has 0 bridgehead atoms. The number of likely N-dealkylation sites (tertiary alicyclic amines) is 1. The summed E-state index contributed by atoms with van der Waals surface area (Å²) in [5.41, 5.74) is 2.62. The zero-order chi connectivity index (χ0) is 20.5. The third-order valence-electron chi connectivity index (χ3n) is 6.21. The molecule has 3 aliphatic rings. The standard InChI is InChI=1S/C24H26N2O4/c27-23-5-1-2-12-25(23)19-9-6-17(7-10-19)24(28)26-13-3-4-20(26)18-8-11-21-22(16-18)30-15-14-29-21/h6-11,16,20H,1-5,12-15H2. The molecule has 2 aromatic carbocycles. The lowest BCUT2D eigenvalue weighted by atomic mass is 10.0. The van der Waals surface area contributed by atoms with Crippen LogP contribution in [0.3, 0.4) is 0 Å². The van der Waals surface area contributed by atoms with Gasteiger partial charge in [0.1, 0.15) is 13.2 Å². The summed E-state index contributed by atoms with van der Waals surface area (Å²) < 4.78 is 11.3. The summed E-state index contributed by atoms with van der Waals surface area (Å²) in [4.78, 5) is 29.2. The second-order valence-corrected chi connectivity index (χ2v) is 8.11. The number of rotatable bonds is 3. The first-order chi connectivity index (χ1) is 14.7. The van der Waals surface area contributed by atoms with Crippen molar-refractivity contribution in [3.8, 4) is 11.5 Å². The van der Waals surface area contributed by atoms with Gasteiger partial charge in [0.15, 0.2) is 11.5 Å². The second kappa shape index (κ2) is 8.01. The minimum Gasteiger partial charge on any atom is -0.486 e. The summed E-state index contributed by atoms with van der Waals surface area (Å²) in [6, 6.07) is 13.5. The van der Waals surface area contributed by atoms with E-state index < -0.39 is 0 Å². The van der Waals surface area contributed by atoms with Gasteiger partial charge in [-0.1, -0.05) is 6.07 Å². The number of nitrogens with zero attached hydrogens (tertiary/aromatic N) is 2. The molecule has 156 valence electrons. The highest BCUT2D eigenvalue weighted by molar-refractivity contribution is 5.97. The lowest BCUT2D eigenvalue weighted by molar-refractivity contribution is -0.119. The third-order valence-corrected chi connectivity index (χ3v) is 6.21. The molecule has 2 saturated heterocycles. The second-order valence-electron chi connectivity index (χ2n) is 8.11. The van der Waals surface area contributed by atoms with Crippen molar-refractivity contribution in [3.05, 3.63) is 53.6 Å². The first-order valence-electron chi connectivity index (χ1n) is 10.8.